The number of rotatable bonds is 4. The number of nitrogens with one attached hydrogen (secondary N) is 1. The predicted octanol–water partition coefficient (Wildman–Crippen LogP) is 3.03. The number of aryl methyl sites for hydroxylation is 2. The fourth-order valence-corrected chi connectivity index (χ4v) is 1.78. The molecule has 0 saturated heterocycles. The summed E-state index contributed by atoms with van der Waals surface area (Å²) in [7, 11) is 1.02. The highest BCUT2D eigenvalue weighted by Gasteiger charge is 1.99. The molecule has 0 aromatic carbocycles. The second-order valence-electron chi connectivity index (χ2n) is 2.84. The standard InChI is InChI=1S/C8H15N2P/c1-3-4-5-6-8-7(2)9-11-10-8/h3-6H2,1-2H3,(H,9,10). The van der Waals surface area contributed by atoms with Gasteiger partial charge in [-0.25, -0.2) is 4.75 Å². The lowest BCUT2D eigenvalue weighted by atomic mass is 10.1. The van der Waals surface area contributed by atoms with Crippen LogP contribution in [0.5, 0.6) is 0 Å². The first-order valence-electron chi connectivity index (χ1n) is 4.21. The van der Waals surface area contributed by atoms with E-state index >= 15 is 0 Å². The number of unbranched alkanes of at least 4 members (excludes halogenated alkanes) is 2. The molecule has 1 aromatic rings. The molecule has 1 heterocycles. The molecule has 3 heteroatoms. The maximum Gasteiger partial charge on any atom is 0.129 e. The van der Waals surface area contributed by atoms with Gasteiger partial charge in [-0.2, -0.15) is 0 Å². The number of hydrogen-bond acceptors (Lipinski definition) is 1. The Balaban J connectivity index is 2.32. The molecule has 0 spiro atoms. The maximum absolute atomic E-state index is 4.33. The van der Waals surface area contributed by atoms with E-state index in [2.05, 4.69) is 23.3 Å². The van der Waals surface area contributed by atoms with E-state index in [1.54, 1.807) is 0 Å². The Morgan fingerprint density at radius 2 is 2.27 bits per heavy atom. The first kappa shape index (κ1) is 8.73. The van der Waals surface area contributed by atoms with Crippen LogP contribution in [0.15, 0.2) is 0 Å². The summed E-state index contributed by atoms with van der Waals surface area (Å²) in [5, 5.41) is 0. The lowest BCUT2D eigenvalue weighted by Crippen LogP contribution is -1.87. The van der Waals surface area contributed by atoms with Gasteiger partial charge in [-0.05, 0) is 19.8 Å². The monoisotopic (exact) mass is 170 g/mol. The van der Waals surface area contributed by atoms with Gasteiger partial charge >= 0.3 is 0 Å². The van der Waals surface area contributed by atoms with Crippen LogP contribution in [0.1, 0.15) is 37.6 Å². The maximum atomic E-state index is 4.33. The third kappa shape index (κ3) is 2.63. The quantitative estimate of drug-likeness (QED) is 0.691. The molecule has 0 aliphatic carbocycles. The van der Waals surface area contributed by atoms with Crippen molar-refractivity contribution in [3.8, 4) is 0 Å². The zero-order chi connectivity index (χ0) is 8.10. The number of aromatic amines is 1. The zero-order valence-corrected chi connectivity index (χ0v) is 8.12. The molecule has 0 amide bonds. The lowest BCUT2D eigenvalue weighted by molar-refractivity contribution is 0.708. The molecule has 2 nitrogen and oxygen atoms in total. The molecule has 0 aliphatic heterocycles. The minimum absolute atomic E-state index is 1.02. The van der Waals surface area contributed by atoms with Crippen molar-refractivity contribution >= 4 is 8.51 Å². The van der Waals surface area contributed by atoms with E-state index in [1.165, 1.54) is 30.7 Å². The van der Waals surface area contributed by atoms with Crippen molar-refractivity contribution in [2.75, 3.05) is 0 Å². The van der Waals surface area contributed by atoms with Crippen LogP contribution < -0.4 is 0 Å². The van der Waals surface area contributed by atoms with Gasteiger partial charge in [0.25, 0.3) is 0 Å². The minimum Gasteiger partial charge on any atom is -0.325 e. The van der Waals surface area contributed by atoms with Crippen molar-refractivity contribution in [2.45, 2.75) is 39.5 Å². The zero-order valence-electron chi connectivity index (χ0n) is 7.22. The molecule has 0 bridgehead atoms. The molecule has 11 heavy (non-hydrogen) atoms. The highest BCUT2D eigenvalue weighted by atomic mass is 31.1. The SMILES string of the molecule is CCCCCc1np[nH]c1C. The minimum atomic E-state index is 1.02. The molecule has 1 aromatic heterocycles. The largest absolute Gasteiger partial charge is 0.325 e. The summed E-state index contributed by atoms with van der Waals surface area (Å²) in [5.41, 5.74) is 2.54. The van der Waals surface area contributed by atoms with Crippen LogP contribution in [-0.4, -0.2) is 9.49 Å². The summed E-state index contributed by atoms with van der Waals surface area (Å²) in [6, 6.07) is 0. The molecule has 0 saturated carbocycles. The summed E-state index contributed by atoms with van der Waals surface area (Å²) in [5.74, 6) is 0. The summed E-state index contributed by atoms with van der Waals surface area (Å²) >= 11 is 0. The normalized spacial score (nSPS) is 11.1. The Bertz CT molecular complexity index is 208. The van der Waals surface area contributed by atoms with Crippen LogP contribution in [0.2, 0.25) is 0 Å². The number of hydrogen-bond donors (Lipinski definition) is 1. The van der Waals surface area contributed by atoms with E-state index in [4.69, 9.17) is 0 Å². The topological polar surface area (TPSA) is 28.7 Å². The van der Waals surface area contributed by atoms with E-state index in [-0.39, 0.29) is 0 Å². The molecule has 62 valence electrons. The van der Waals surface area contributed by atoms with Crippen molar-refractivity contribution in [2.24, 2.45) is 0 Å². The third-order valence-electron chi connectivity index (χ3n) is 1.84. The van der Waals surface area contributed by atoms with Crippen LogP contribution >= 0.6 is 8.51 Å². The Morgan fingerprint density at radius 1 is 1.45 bits per heavy atom. The van der Waals surface area contributed by atoms with Gasteiger partial charge in [0.1, 0.15) is 8.51 Å². The molecular weight excluding hydrogens is 155 g/mol. The summed E-state index contributed by atoms with van der Waals surface area (Å²) in [4.78, 5) is 0. The van der Waals surface area contributed by atoms with Gasteiger partial charge in [0.05, 0.1) is 5.69 Å². The van der Waals surface area contributed by atoms with E-state index in [9.17, 15) is 0 Å². The molecular formula is C8H15N2P. The van der Waals surface area contributed by atoms with E-state index in [0.29, 0.717) is 0 Å². The second-order valence-corrected chi connectivity index (χ2v) is 3.46. The Hall–Kier alpha value is -0.360. The number of nitrogens with zero attached hydrogens (tertiary/aromatic N) is 1. The molecule has 0 fully saturated rings. The average molecular weight is 170 g/mol. The van der Waals surface area contributed by atoms with Crippen molar-refractivity contribution in [1.82, 2.24) is 9.49 Å². The van der Waals surface area contributed by atoms with Gasteiger partial charge < -0.3 is 4.75 Å². The van der Waals surface area contributed by atoms with Crippen molar-refractivity contribution in [3.63, 3.8) is 0 Å². The highest BCUT2D eigenvalue weighted by Crippen LogP contribution is 2.10. The first-order chi connectivity index (χ1) is 5.34. The molecule has 0 unspecified atom stereocenters. The van der Waals surface area contributed by atoms with Crippen LogP contribution in [0.3, 0.4) is 0 Å². The Labute approximate surface area is 69.7 Å². The average Bonchev–Trinajstić information content (AvgIpc) is 2.37. The third-order valence-corrected chi connectivity index (χ3v) is 2.62. The molecule has 0 atom stereocenters. The summed E-state index contributed by atoms with van der Waals surface area (Å²) in [6.45, 7) is 4.33. The van der Waals surface area contributed by atoms with Gasteiger partial charge in [-0.1, -0.05) is 19.8 Å². The van der Waals surface area contributed by atoms with Gasteiger partial charge in [-0.3, -0.25) is 0 Å². The van der Waals surface area contributed by atoms with Gasteiger partial charge in [0, 0.05) is 5.69 Å². The van der Waals surface area contributed by atoms with Crippen LogP contribution in [-0.2, 0) is 6.42 Å². The van der Waals surface area contributed by atoms with Crippen molar-refractivity contribution in [3.05, 3.63) is 11.4 Å². The van der Waals surface area contributed by atoms with E-state index in [1.807, 2.05) is 0 Å². The van der Waals surface area contributed by atoms with Crippen molar-refractivity contribution in [1.29, 1.82) is 0 Å². The molecule has 1 N–H and O–H groups in total. The number of H-pyrrole nitrogens is 1. The van der Waals surface area contributed by atoms with Crippen LogP contribution in [0, 0.1) is 6.92 Å². The summed E-state index contributed by atoms with van der Waals surface area (Å²) < 4.78 is 7.51. The Morgan fingerprint density at radius 3 is 2.82 bits per heavy atom. The highest BCUT2D eigenvalue weighted by molar-refractivity contribution is 7.20. The van der Waals surface area contributed by atoms with E-state index in [0.717, 1.165) is 14.9 Å². The molecule has 1 rings (SSSR count). The van der Waals surface area contributed by atoms with Gasteiger partial charge in [0.15, 0.2) is 0 Å². The smallest absolute Gasteiger partial charge is 0.129 e. The van der Waals surface area contributed by atoms with Crippen LogP contribution in [0.4, 0.5) is 0 Å². The summed E-state index contributed by atoms with van der Waals surface area (Å²) in [6.07, 6.45) is 5.05. The predicted molar refractivity (Wildman–Crippen MR) is 49.1 cm³/mol. The van der Waals surface area contributed by atoms with E-state index < -0.39 is 0 Å². The first-order valence-corrected chi connectivity index (χ1v) is 5.06. The van der Waals surface area contributed by atoms with Crippen LogP contribution in [0.25, 0.3) is 0 Å². The molecule has 0 aliphatic rings. The van der Waals surface area contributed by atoms with Gasteiger partial charge in [0.2, 0.25) is 0 Å². The Kier molecular flexibility index (Phi) is 3.58. The second kappa shape index (κ2) is 4.50. The molecule has 0 radical (unpaired) electrons. The van der Waals surface area contributed by atoms with Crippen molar-refractivity contribution < 1.29 is 0 Å². The number of aromatic nitrogens is 2. The lowest BCUT2D eigenvalue weighted by Gasteiger charge is -1.95. The fourth-order valence-electron chi connectivity index (χ4n) is 1.08. The van der Waals surface area contributed by atoms with Gasteiger partial charge in [-0.15, -0.1) is 0 Å². The fraction of sp³-hybridized carbons (Fsp3) is 0.750.